The summed E-state index contributed by atoms with van der Waals surface area (Å²) in [5.74, 6) is -0.176. The van der Waals surface area contributed by atoms with Crippen LogP contribution in [0.1, 0.15) is 40.0 Å². The Labute approximate surface area is 125 Å². The second-order valence-corrected chi connectivity index (χ2v) is 5.47. The van der Waals surface area contributed by atoms with Crippen molar-refractivity contribution in [2.45, 2.75) is 32.9 Å². The molecule has 0 heterocycles. The lowest BCUT2D eigenvalue weighted by Gasteiger charge is -2.22. The Kier molecular flexibility index (Phi) is 4.76. The number of aliphatic hydroxyl groups excluding tert-OH is 1. The fraction of sp³-hybridized carbons (Fsp3) is 0.278. The summed E-state index contributed by atoms with van der Waals surface area (Å²) >= 11 is 0. The van der Waals surface area contributed by atoms with E-state index in [1.54, 1.807) is 13.0 Å². The number of aryl methyl sites for hydroxylation is 2. The quantitative estimate of drug-likeness (QED) is 0.905. The van der Waals surface area contributed by atoms with Crippen molar-refractivity contribution in [1.82, 2.24) is 5.32 Å². The van der Waals surface area contributed by atoms with Crippen LogP contribution < -0.4 is 5.32 Å². The number of nitrogens with one attached hydrogen (secondary N) is 1. The molecule has 2 rings (SSSR count). The van der Waals surface area contributed by atoms with Gasteiger partial charge in [0.1, 0.15) is 0 Å². The van der Waals surface area contributed by atoms with Crippen LogP contribution in [0.3, 0.4) is 0 Å². The van der Waals surface area contributed by atoms with Gasteiger partial charge in [0.05, 0.1) is 12.1 Å². The third kappa shape index (κ3) is 3.92. The molecule has 0 aliphatic rings. The second kappa shape index (κ2) is 6.55. The van der Waals surface area contributed by atoms with E-state index in [9.17, 15) is 9.90 Å². The van der Waals surface area contributed by atoms with Gasteiger partial charge >= 0.3 is 0 Å². The van der Waals surface area contributed by atoms with Gasteiger partial charge in [-0.1, -0.05) is 47.5 Å². The minimum absolute atomic E-state index is 0.176. The van der Waals surface area contributed by atoms with Gasteiger partial charge in [-0.2, -0.15) is 0 Å². The number of benzene rings is 2. The number of carbonyl (C=O) groups is 1. The largest absolute Gasteiger partial charge is 0.391 e. The Morgan fingerprint density at radius 1 is 1.05 bits per heavy atom. The highest BCUT2D eigenvalue weighted by Crippen LogP contribution is 2.18. The molecule has 0 saturated carbocycles. The van der Waals surface area contributed by atoms with Crippen LogP contribution in [0.25, 0.3) is 0 Å². The summed E-state index contributed by atoms with van der Waals surface area (Å²) in [5.41, 5.74) is 3.68. The molecule has 0 spiro atoms. The minimum atomic E-state index is -0.665. The average molecular weight is 283 g/mol. The van der Waals surface area contributed by atoms with Gasteiger partial charge in [-0.05, 0) is 38.5 Å². The van der Waals surface area contributed by atoms with Gasteiger partial charge in [-0.25, -0.2) is 0 Å². The van der Waals surface area contributed by atoms with Crippen LogP contribution >= 0.6 is 0 Å². The summed E-state index contributed by atoms with van der Waals surface area (Å²) in [6, 6.07) is 14.8. The van der Waals surface area contributed by atoms with Crippen molar-refractivity contribution < 1.29 is 9.90 Å². The molecule has 2 atom stereocenters. The molecule has 2 aromatic carbocycles. The molecule has 0 aliphatic carbocycles. The van der Waals surface area contributed by atoms with E-state index in [0.717, 1.165) is 16.7 Å². The number of hydrogen-bond donors (Lipinski definition) is 2. The van der Waals surface area contributed by atoms with E-state index in [-0.39, 0.29) is 5.91 Å². The van der Waals surface area contributed by atoms with Crippen molar-refractivity contribution in [3.8, 4) is 0 Å². The molecular formula is C18H21NO2. The Morgan fingerprint density at radius 3 is 2.29 bits per heavy atom. The highest BCUT2D eigenvalue weighted by molar-refractivity contribution is 5.94. The Hall–Kier alpha value is -2.13. The molecule has 1 amide bonds. The van der Waals surface area contributed by atoms with Crippen LogP contribution in [-0.4, -0.2) is 17.1 Å². The van der Waals surface area contributed by atoms with Crippen molar-refractivity contribution in [2.75, 3.05) is 0 Å². The van der Waals surface area contributed by atoms with E-state index in [1.807, 2.05) is 56.3 Å². The zero-order chi connectivity index (χ0) is 15.4. The standard InChI is InChI=1S/C18H21NO2/c1-12-7-9-15(10-8-12)17(14(3)20)19-18(21)16-6-4-5-13(2)11-16/h4-11,14,17,20H,1-3H3,(H,19,21). The summed E-state index contributed by atoms with van der Waals surface area (Å²) in [5, 5.41) is 12.9. The zero-order valence-electron chi connectivity index (χ0n) is 12.6. The Bertz CT molecular complexity index is 617. The lowest BCUT2D eigenvalue weighted by molar-refractivity contribution is 0.0858. The van der Waals surface area contributed by atoms with Crippen molar-refractivity contribution in [2.24, 2.45) is 0 Å². The topological polar surface area (TPSA) is 49.3 Å². The molecular weight excluding hydrogens is 262 g/mol. The monoisotopic (exact) mass is 283 g/mol. The molecule has 3 heteroatoms. The van der Waals surface area contributed by atoms with Crippen LogP contribution in [0, 0.1) is 13.8 Å². The van der Waals surface area contributed by atoms with Crippen LogP contribution in [0.5, 0.6) is 0 Å². The first-order valence-electron chi connectivity index (χ1n) is 7.09. The van der Waals surface area contributed by atoms with E-state index in [2.05, 4.69) is 5.32 Å². The molecule has 3 nitrogen and oxygen atoms in total. The molecule has 0 saturated heterocycles. The van der Waals surface area contributed by atoms with E-state index in [0.29, 0.717) is 5.56 Å². The van der Waals surface area contributed by atoms with Crippen molar-refractivity contribution in [3.63, 3.8) is 0 Å². The summed E-state index contributed by atoms with van der Waals surface area (Å²) in [4.78, 5) is 12.3. The first-order chi connectivity index (χ1) is 9.97. The molecule has 2 N–H and O–H groups in total. The summed E-state index contributed by atoms with van der Waals surface area (Å²) in [7, 11) is 0. The Morgan fingerprint density at radius 2 is 1.71 bits per heavy atom. The van der Waals surface area contributed by atoms with Gasteiger partial charge in [-0.3, -0.25) is 4.79 Å². The summed E-state index contributed by atoms with van der Waals surface area (Å²) in [6.45, 7) is 5.64. The second-order valence-electron chi connectivity index (χ2n) is 5.47. The van der Waals surface area contributed by atoms with E-state index in [1.165, 1.54) is 0 Å². The fourth-order valence-corrected chi connectivity index (χ4v) is 2.27. The van der Waals surface area contributed by atoms with Crippen LogP contribution in [0.15, 0.2) is 48.5 Å². The molecule has 0 aliphatic heterocycles. The number of carbonyl (C=O) groups excluding carboxylic acids is 1. The molecule has 110 valence electrons. The number of hydrogen-bond acceptors (Lipinski definition) is 2. The maximum Gasteiger partial charge on any atom is 0.251 e. The number of amides is 1. The smallest absolute Gasteiger partial charge is 0.251 e. The number of rotatable bonds is 4. The third-order valence-electron chi connectivity index (χ3n) is 3.49. The van der Waals surface area contributed by atoms with Crippen LogP contribution in [0.4, 0.5) is 0 Å². The van der Waals surface area contributed by atoms with E-state index >= 15 is 0 Å². The first kappa shape index (κ1) is 15.3. The van der Waals surface area contributed by atoms with Gasteiger partial charge in [0.2, 0.25) is 0 Å². The molecule has 0 bridgehead atoms. The van der Waals surface area contributed by atoms with Crippen molar-refractivity contribution >= 4 is 5.91 Å². The SMILES string of the molecule is Cc1ccc(C(NC(=O)c2cccc(C)c2)C(C)O)cc1. The van der Waals surface area contributed by atoms with Crippen molar-refractivity contribution in [1.29, 1.82) is 0 Å². The fourth-order valence-electron chi connectivity index (χ4n) is 2.27. The zero-order valence-corrected chi connectivity index (χ0v) is 12.6. The normalized spacial score (nSPS) is 13.5. The average Bonchev–Trinajstić information content (AvgIpc) is 2.45. The minimum Gasteiger partial charge on any atom is -0.391 e. The number of aliphatic hydroxyl groups is 1. The molecule has 0 radical (unpaired) electrons. The lowest BCUT2D eigenvalue weighted by Crippen LogP contribution is -2.35. The van der Waals surface area contributed by atoms with Crippen molar-refractivity contribution in [3.05, 3.63) is 70.8 Å². The summed E-state index contributed by atoms with van der Waals surface area (Å²) < 4.78 is 0. The maximum absolute atomic E-state index is 12.3. The van der Waals surface area contributed by atoms with Gasteiger partial charge in [0.15, 0.2) is 0 Å². The summed E-state index contributed by atoms with van der Waals surface area (Å²) in [6.07, 6.45) is -0.665. The Balaban J connectivity index is 2.20. The van der Waals surface area contributed by atoms with E-state index < -0.39 is 12.1 Å². The molecule has 2 aromatic rings. The van der Waals surface area contributed by atoms with Gasteiger partial charge in [0, 0.05) is 5.56 Å². The van der Waals surface area contributed by atoms with Gasteiger partial charge < -0.3 is 10.4 Å². The maximum atomic E-state index is 12.3. The van der Waals surface area contributed by atoms with Crippen LogP contribution in [0.2, 0.25) is 0 Å². The third-order valence-corrected chi connectivity index (χ3v) is 3.49. The van der Waals surface area contributed by atoms with Crippen LogP contribution in [-0.2, 0) is 0 Å². The highest BCUT2D eigenvalue weighted by atomic mass is 16.3. The van der Waals surface area contributed by atoms with E-state index in [4.69, 9.17) is 0 Å². The predicted molar refractivity (Wildman–Crippen MR) is 84.2 cm³/mol. The van der Waals surface area contributed by atoms with Gasteiger partial charge in [0.25, 0.3) is 5.91 Å². The molecule has 2 unspecified atom stereocenters. The molecule has 0 fully saturated rings. The van der Waals surface area contributed by atoms with Gasteiger partial charge in [-0.15, -0.1) is 0 Å². The lowest BCUT2D eigenvalue weighted by atomic mass is 10.0. The molecule has 0 aromatic heterocycles. The predicted octanol–water partition coefficient (Wildman–Crippen LogP) is 3.16. The highest BCUT2D eigenvalue weighted by Gasteiger charge is 2.20. The molecule has 21 heavy (non-hydrogen) atoms. The first-order valence-corrected chi connectivity index (χ1v) is 7.09.